The predicted octanol–water partition coefficient (Wildman–Crippen LogP) is 6.82. The van der Waals surface area contributed by atoms with Crippen LogP contribution in [-0.4, -0.2) is 15.0 Å². The van der Waals surface area contributed by atoms with Crippen molar-refractivity contribution in [1.29, 1.82) is 0 Å². The van der Waals surface area contributed by atoms with Crippen LogP contribution >= 0.6 is 0 Å². The number of hydrogen-bond donors (Lipinski definition) is 1. The van der Waals surface area contributed by atoms with Crippen LogP contribution in [0.2, 0.25) is 0 Å². The van der Waals surface area contributed by atoms with Gasteiger partial charge in [0.25, 0.3) is 0 Å². The van der Waals surface area contributed by atoms with Gasteiger partial charge in [0.15, 0.2) is 0 Å². The van der Waals surface area contributed by atoms with E-state index in [1.807, 2.05) is 96.8 Å². The first-order valence-corrected chi connectivity index (χ1v) is 11.1. The third-order valence-electron chi connectivity index (χ3n) is 5.13. The van der Waals surface area contributed by atoms with Crippen LogP contribution in [0.15, 0.2) is 109 Å². The van der Waals surface area contributed by atoms with E-state index in [4.69, 9.17) is 15.2 Å². The highest BCUT2D eigenvalue weighted by molar-refractivity contribution is 5.72. The maximum Gasteiger partial charge on any atom is 0.330 e. The molecular weight excluding hydrogens is 438 g/mol. The highest BCUT2D eigenvalue weighted by atomic mass is 16.5. The van der Waals surface area contributed by atoms with Crippen molar-refractivity contribution in [3.63, 3.8) is 0 Å². The molecule has 7 heteroatoms. The first-order valence-electron chi connectivity index (χ1n) is 11.1. The number of aryl methyl sites for hydroxylation is 1. The lowest BCUT2D eigenvalue weighted by Crippen LogP contribution is -2.14. The molecule has 0 saturated carbocycles. The van der Waals surface area contributed by atoms with Crippen LogP contribution in [0.1, 0.15) is 5.56 Å². The SMILES string of the molecule is Cc1ccc(Oc2nc(Oc3ccc(N)cc3)nc(N(c3ccccc3)c3ccccc3)n2)cc1. The van der Waals surface area contributed by atoms with Crippen molar-refractivity contribution in [2.75, 3.05) is 10.6 Å². The minimum Gasteiger partial charge on any atom is -0.424 e. The quantitative estimate of drug-likeness (QED) is 0.266. The van der Waals surface area contributed by atoms with Crippen molar-refractivity contribution in [2.45, 2.75) is 6.92 Å². The monoisotopic (exact) mass is 461 g/mol. The molecule has 4 aromatic carbocycles. The lowest BCUT2D eigenvalue weighted by atomic mass is 10.2. The van der Waals surface area contributed by atoms with Gasteiger partial charge in [-0.2, -0.15) is 9.97 Å². The number of benzene rings is 4. The molecule has 2 N–H and O–H groups in total. The molecule has 0 atom stereocenters. The van der Waals surface area contributed by atoms with Gasteiger partial charge in [-0.25, -0.2) is 0 Å². The van der Waals surface area contributed by atoms with Gasteiger partial charge in [0, 0.05) is 17.1 Å². The van der Waals surface area contributed by atoms with Crippen molar-refractivity contribution in [2.24, 2.45) is 0 Å². The van der Waals surface area contributed by atoms with Gasteiger partial charge in [-0.15, -0.1) is 4.98 Å². The van der Waals surface area contributed by atoms with Gasteiger partial charge in [-0.3, -0.25) is 4.90 Å². The smallest absolute Gasteiger partial charge is 0.330 e. The Hall–Kier alpha value is -4.91. The minimum absolute atomic E-state index is 0.0961. The van der Waals surface area contributed by atoms with Crippen LogP contribution in [-0.2, 0) is 0 Å². The van der Waals surface area contributed by atoms with E-state index in [0.29, 0.717) is 23.1 Å². The second kappa shape index (κ2) is 9.93. The molecule has 0 aliphatic heterocycles. The number of nitrogen functional groups attached to an aromatic ring is 1. The van der Waals surface area contributed by atoms with Gasteiger partial charge in [0.2, 0.25) is 5.95 Å². The van der Waals surface area contributed by atoms with Crippen LogP contribution in [0.5, 0.6) is 23.5 Å². The van der Waals surface area contributed by atoms with E-state index in [0.717, 1.165) is 16.9 Å². The van der Waals surface area contributed by atoms with Gasteiger partial charge in [0.1, 0.15) is 11.5 Å². The zero-order valence-corrected chi connectivity index (χ0v) is 19.1. The molecule has 5 rings (SSSR count). The average molecular weight is 462 g/mol. The zero-order valence-electron chi connectivity index (χ0n) is 19.1. The van der Waals surface area contributed by atoms with Crippen molar-refractivity contribution < 1.29 is 9.47 Å². The molecule has 1 aromatic heterocycles. The van der Waals surface area contributed by atoms with E-state index >= 15 is 0 Å². The molecular formula is C28H23N5O2. The Morgan fingerprint density at radius 1 is 0.571 bits per heavy atom. The van der Waals surface area contributed by atoms with Gasteiger partial charge in [0.05, 0.1) is 0 Å². The number of para-hydroxylation sites is 2. The van der Waals surface area contributed by atoms with Crippen LogP contribution in [0.3, 0.4) is 0 Å². The first-order chi connectivity index (χ1) is 17.1. The fourth-order valence-corrected chi connectivity index (χ4v) is 3.41. The number of aromatic nitrogens is 3. The van der Waals surface area contributed by atoms with Gasteiger partial charge in [-0.05, 0) is 67.6 Å². The van der Waals surface area contributed by atoms with Crippen molar-refractivity contribution in [3.8, 4) is 23.5 Å². The van der Waals surface area contributed by atoms with E-state index in [1.54, 1.807) is 24.3 Å². The Labute approximate surface area is 203 Å². The third kappa shape index (κ3) is 5.36. The summed E-state index contributed by atoms with van der Waals surface area (Å²) in [6.45, 7) is 2.01. The molecule has 0 amide bonds. The van der Waals surface area contributed by atoms with Gasteiger partial charge >= 0.3 is 12.0 Å². The fourth-order valence-electron chi connectivity index (χ4n) is 3.41. The van der Waals surface area contributed by atoms with E-state index in [9.17, 15) is 0 Å². The lowest BCUT2D eigenvalue weighted by molar-refractivity contribution is 0.398. The molecule has 0 aliphatic rings. The van der Waals surface area contributed by atoms with Crippen molar-refractivity contribution in [1.82, 2.24) is 15.0 Å². The predicted molar refractivity (Wildman–Crippen MR) is 137 cm³/mol. The van der Waals surface area contributed by atoms with E-state index in [2.05, 4.69) is 15.0 Å². The molecule has 0 aliphatic carbocycles. The lowest BCUT2D eigenvalue weighted by Gasteiger charge is -2.23. The summed E-state index contributed by atoms with van der Waals surface area (Å²) in [6, 6.07) is 34.6. The topological polar surface area (TPSA) is 86.4 Å². The fraction of sp³-hybridized carbons (Fsp3) is 0.0357. The second-order valence-electron chi connectivity index (χ2n) is 7.79. The van der Waals surface area contributed by atoms with E-state index in [1.165, 1.54) is 0 Å². The Morgan fingerprint density at radius 3 is 1.51 bits per heavy atom. The maximum atomic E-state index is 6.00. The first kappa shape index (κ1) is 21.9. The van der Waals surface area contributed by atoms with Gasteiger partial charge < -0.3 is 15.2 Å². The highest BCUT2D eigenvalue weighted by Gasteiger charge is 2.19. The number of anilines is 4. The van der Waals surface area contributed by atoms with E-state index < -0.39 is 0 Å². The zero-order chi connectivity index (χ0) is 24.0. The normalized spacial score (nSPS) is 10.5. The molecule has 0 bridgehead atoms. The second-order valence-corrected chi connectivity index (χ2v) is 7.79. The number of rotatable bonds is 7. The van der Waals surface area contributed by atoms with E-state index in [-0.39, 0.29) is 12.0 Å². The van der Waals surface area contributed by atoms with Crippen LogP contribution in [0, 0.1) is 6.92 Å². The summed E-state index contributed by atoms with van der Waals surface area (Å²) < 4.78 is 12.0. The average Bonchev–Trinajstić information content (AvgIpc) is 2.88. The van der Waals surface area contributed by atoms with Crippen molar-refractivity contribution >= 4 is 23.0 Å². The number of hydrogen-bond acceptors (Lipinski definition) is 7. The molecule has 7 nitrogen and oxygen atoms in total. The Kier molecular flexibility index (Phi) is 6.21. The number of nitrogens with zero attached hydrogens (tertiary/aromatic N) is 4. The molecule has 0 radical (unpaired) electrons. The summed E-state index contributed by atoms with van der Waals surface area (Å²) >= 11 is 0. The molecule has 0 saturated heterocycles. The Morgan fingerprint density at radius 2 is 1.03 bits per heavy atom. The molecule has 35 heavy (non-hydrogen) atoms. The van der Waals surface area contributed by atoms with Crippen LogP contribution < -0.4 is 20.1 Å². The summed E-state index contributed by atoms with van der Waals surface area (Å²) in [5.74, 6) is 1.51. The largest absolute Gasteiger partial charge is 0.424 e. The summed E-state index contributed by atoms with van der Waals surface area (Å²) in [5, 5.41) is 0. The molecule has 1 heterocycles. The Balaban J connectivity index is 1.60. The maximum absolute atomic E-state index is 6.00. The third-order valence-corrected chi connectivity index (χ3v) is 5.13. The highest BCUT2D eigenvalue weighted by Crippen LogP contribution is 2.34. The molecule has 0 spiro atoms. The summed E-state index contributed by atoms with van der Waals surface area (Å²) in [6.07, 6.45) is 0. The molecule has 0 fully saturated rings. The van der Waals surface area contributed by atoms with Crippen LogP contribution in [0.4, 0.5) is 23.0 Å². The standard InChI is InChI=1S/C28H23N5O2/c1-20-12-16-24(17-13-20)34-27-30-26(31-28(32-27)35-25-18-14-21(29)15-19-25)33(22-8-4-2-5-9-22)23-10-6-3-7-11-23/h2-19H,29H2,1H3. The number of nitrogens with two attached hydrogens (primary N) is 1. The summed E-state index contributed by atoms with van der Waals surface area (Å²) in [5.41, 5.74) is 9.33. The van der Waals surface area contributed by atoms with Crippen molar-refractivity contribution in [3.05, 3.63) is 115 Å². The molecule has 0 unspecified atom stereocenters. The number of ether oxygens (including phenoxy) is 2. The molecule has 5 aromatic rings. The van der Waals surface area contributed by atoms with Gasteiger partial charge in [-0.1, -0.05) is 54.1 Å². The van der Waals surface area contributed by atoms with Crippen LogP contribution in [0.25, 0.3) is 0 Å². The summed E-state index contributed by atoms with van der Waals surface area (Å²) in [7, 11) is 0. The molecule has 172 valence electrons. The Bertz CT molecular complexity index is 1290. The summed E-state index contributed by atoms with van der Waals surface area (Å²) in [4.78, 5) is 15.6. The minimum atomic E-state index is 0.0961.